The summed E-state index contributed by atoms with van der Waals surface area (Å²) in [6.45, 7) is 1.76. The summed E-state index contributed by atoms with van der Waals surface area (Å²) in [5.74, 6) is 0. The largest absolute Gasteiger partial charge is 0.369 e. The molecule has 2 rings (SSSR count). The highest BCUT2D eigenvalue weighted by Crippen LogP contribution is 2.29. The molecule has 1 atom stereocenters. The van der Waals surface area contributed by atoms with Gasteiger partial charge in [0.2, 0.25) is 10.0 Å². The van der Waals surface area contributed by atoms with Gasteiger partial charge < -0.3 is 10.6 Å². The predicted octanol–water partition coefficient (Wildman–Crippen LogP) is 1.64. The molecule has 0 amide bonds. The number of anilines is 1. The second-order valence-corrected chi connectivity index (χ2v) is 7.85. The number of hydrogen-bond donors (Lipinski definition) is 1. The number of nitrogens with zero attached hydrogens (tertiary/aromatic N) is 2. The van der Waals surface area contributed by atoms with E-state index in [1.165, 1.54) is 17.1 Å². The summed E-state index contributed by atoms with van der Waals surface area (Å²) < 4.78 is 25.4. The van der Waals surface area contributed by atoms with Crippen LogP contribution in [0.25, 0.3) is 0 Å². The highest BCUT2D eigenvalue weighted by Gasteiger charge is 2.24. The van der Waals surface area contributed by atoms with Crippen molar-refractivity contribution >= 4 is 15.7 Å². The molecule has 1 aliphatic rings. The van der Waals surface area contributed by atoms with Crippen LogP contribution in [0.1, 0.15) is 25.7 Å². The second-order valence-electron chi connectivity index (χ2n) is 5.70. The van der Waals surface area contributed by atoms with Gasteiger partial charge in [-0.05, 0) is 56.5 Å². The van der Waals surface area contributed by atoms with Crippen LogP contribution in [0.3, 0.4) is 0 Å². The van der Waals surface area contributed by atoms with Gasteiger partial charge in [0, 0.05) is 32.4 Å². The minimum absolute atomic E-state index is 0.342. The minimum atomic E-state index is -3.35. The molecule has 2 N–H and O–H groups in total. The summed E-state index contributed by atoms with van der Waals surface area (Å²) in [7, 11) is -0.250. The lowest BCUT2D eigenvalue weighted by atomic mass is 10.1. The molecule has 0 bridgehead atoms. The summed E-state index contributed by atoms with van der Waals surface area (Å²) in [5.41, 5.74) is 6.70. The quantitative estimate of drug-likeness (QED) is 0.867. The summed E-state index contributed by atoms with van der Waals surface area (Å²) >= 11 is 0. The van der Waals surface area contributed by atoms with Crippen molar-refractivity contribution in [3.8, 4) is 0 Å². The average Bonchev–Trinajstić information content (AvgIpc) is 2.93. The standard InChI is InChI=1S/C15H25N3O2S/c1-17(2)21(19,20)15-9-7-14(8-10-15)18-12-4-6-13(18)5-3-11-16/h7-10,13H,3-6,11-12,16H2,1-2H3. The van der Waals surface area contributed by atoms with Gasteiger partial charge in [0.15, 0.2) is 0 Å². The third kappa shape index (κ3) is 3.56. The fourth-order valence-electron chi connectivity index (χ4n) is 2.85. The van der Waals surface area contributed by atoms with Crippen LogP contribution in [-0.4, -0.2) is 45.9 Å². The van der Waals surface area contributed by atoms with Crippen molar-refractivity contribution < 1.29 is 8.42 Å². The molecule has 1 heterocycles. The first-order valence-corrected chi connectivity index (χ1v) is 8.90. The first-order valence-electron chi connectivity index (χ1n) is 7.46. The zero-order chi connectivity index (χ0) is 15.5. The Morgan fingerprint density at radius 3 is 2.52 bits per heavy atom. The smallest absolute Gasteiger partial charge is 0.242 e. The number of sulfonamides is 1. The van der Waals surface area contributed by atoms with E-state index in [1.807, 2.05) is 12.1 Å². The van der Waals surface area contributed by atoms with Crippen LogP contribution in [-0.2, 0) is 10.0 Å². The van der Waals surface area contributed by atoms with Crippen LogP contribution >= 0.6 is 0 Å². The molecule has 1 aromatic rings. The fraction of sp³-hybridized carbons (Fsp3) is 0.600. The number of rotatable bonds is 6. The van der Waals surface area contributed by atoms with Crippen LogP contribution in [0.4, 0.5) is 5.69 Å². The van der Waals surface area contributed by atoms with Crippen molar-refractivity contribution in [2.75, 3.05) is 32.1 Å². The highest BCUT2D eigenvalue weighted by atomic mass is 32.2. The first kappa shape index (κ1) is 16.3. The molecular weight excluding hydrogens is 286 g/mol. The van der Waals surface area contributed by atoms with E-state index < -0.39 is 10.0 Å². The van der Waals surface area contributed by atoms with Gasteiger partial charge in [-0.2, -0.15) is 0 Å². The van der Waals surface area contributed by atoms with Crippen molar-refractivity contribution in [1.82, 2.24) is 4.31 Å². The molecule has 118 valence electrons. The van der Waals surface area contributed by atoms with Crippen LogP contribution in [0.15, 0.2) is 29.2 Å². The van der Waals surface area contributed by atoms with Crippen LogP contribution < -0.4 is 10.6 Å². The maximum Gasteiger partial charge on any atom is 0.242 e. The predicted molar refractivity (Wildman–Crippen MR) is 86.0 cm³/mol. The molecule has 6 heteroatoms. The van der Waals surface area contributed by atoms with Gasteiger partial charge in [-0.25, -0.2) is 12.7 Å². The fourth-order valence-corrected chi connectivity index (χ4v) is 3.75. The maximum absolute atomic E-state index is 12.1. The molecule has 1 saturated heterocycles. The number of benzene rings is 1. The Morgan fingerprint density at radius 2 is 1.95 bits per heavy atom. The summed E-state index contributed by atoms with van der Waals surface area (Å²) in [6.07, 6.45) is 4.52. The van der Waals surface area contributed by atoms with Crippen LogP contribution in [0, 0.1) is 0 Å². The van der Waals surface area contributed by atoms with E-state index in [-0.39, 0.29) is 0 Å². The Bertz CT molecular complexity index is 555. The van der Waals surface area contributed by atoms with Gasteiger partial charge in [0.25, 0.3) is 0 Å². The zero-order valence-electron chi connectivity index (χ0n) is 12.8. The van der Waals surface area contributed by atoms with Crippen LogP contribution in [0.2, 0.25) is 0 Å². The van der Waals surface area contributed by atoms with Crippen molar-refractivity contribution in [3.05, 3.63) is 24.3 Å². The molecule has 0 radical (unpaired) electrons. The minimum Gasteiger partial charge on any atom is -0.369 e. The normalized spacial score (nSPS) is 19.4. The van der Waals surface area contributed by atoms with E-state index in [0.29, 0.717) is 10.9 Å². The third-order valence-corrected chi connectivity index (χ3v) is 5.89. The first-order chi connectivity index (χ1) is 9.96. The molecule has 1 fully saturated rings. The lowest BCUT2D eigenvalue weighted by molar-refractivity contribution is 0.520. The Kier molecular flexibility index (Phi) is 5.24. The van der Waals surface area contributed by atoms with Crippen molar-refractivity contribution in [2.45, 2.75) is 36.6 Å². The van der Waals surface area contributed by atoms with Gasteiger partial charge in [0.1, 0.15) is 0 Å². The van der Waals surface area contributed by atoms with E-state index in [2.05, 4.69) is 4.90 Å². The van der Waals surface area contributed by atoms with E-state index >= 15 is 0 Å². The summed E-state index contributed by atoms with van der Waals surface area (Å²) in [5, 5.41) is 0. The van der Waals surface area contributed by atoms with E-state index in [4.69, 9.17) is 5.73 Å². The van der Waals surface area contributed by atoms with Gasteiger partial charge in [-0.15, -0.1) is 0 Å². The molecule has 0 saturated carbocycles. The topological polar surface area (TPSA) is 66.6 Å². The number of nitrogens with two attached hydrogens (primary N) is 1. The SMILES string of the molecule is CN(C)S(=O)(=O)c1ccc(N2CCCC2CCCN)cc1. The summed E-state index contributed by atoms with van der Waals surface area (Å²) in [4.78, 5) is 2.72. The number of hydrogen-bond acceptors (Lipinski definition) is 4. The third-order valence-electron chi connectivity index (χ3n) is 4.07. The van der Waals surface area contributed by atoms with Crippen molar-refractivity contribution in [3.63, 3.8) is 0 Å². The molecule has 5 nitrogen and oxygen atoms in total. The Labute approximate surface area is 127 Å². The molecule has 1 unspecified atom stereocenters. The summed E-state index contributed by atoms with van der Waals surface area (Å²) in [6, 6.07) is 7.75. The van der Waals surface area contributed by atoms with E-state index in [1.54, 1.807) is 26.2 Å². The highest BCUT2D eigenvalue weighted by molar-refractivity contribution is 7.89. The zero-order valence-corrected chi connectivity index (χ0v) is 13.6. The molecule has 21 heavy (non-hydrogen) atoms. The van der Waals surface area contributed by atoms with E-state index in [0.717, 1.165) is 31.6 Å². The Balaban J connectivity index is 2.15. The maximum atomic E-state index is 12.1. The molecule has 0 aromatic heterocycles. The monoisotopic (exact) mass is 311 g/mol. The molecule has 0 spiro atoms. The lowest BCUT2D eigenvalue weighted by Crippen LogP contribution is -2.29. The molecular formula is C15H25N3O2S. The Morgan fingerprint density at radius 1 is 1.29 bits per heavy atom. The van der Waals surface area contributed by atoms with Gasteiger partial charge in [-0.3, -0.25) is 0 Å². The van der Waals surface area contributed by atoms with Crippen molar-refractivity contribution in [2.24, 2.45) is 5.73 Å². The average molecular weight is 311 g/mol. The van der Waals surface area contributed by atoms with Gasteiger partial charge in [-0.1, -0.05) is 0 Å². The second kappa shape index (κ2) is 6.77. The molecule has 0 aliphatic carbocycles. The van der Waals surface area contributed by atoms with Gasteiger partial charge in [0.05, 0.1) is 4.90 Å². The molecule has 1 aliphatic heterocycles. The lowest BCUT2D eigenvalue weighted by Gasteiger charge is -2.27. The van der Waals surface area contributed by atoms with Crippen molar-refractivity contribution in [1.29, 1.82) is 0 Å². The van der Waals surface area contributed by atoms with E-state index in [9.17, 15) is 8.42 Å². The van der Waals surface area contributed by atoms with Crippen LogP contribution in [0.5, 0.6) is 0 Å². The molecule has 1 aromatic carbocycles. The Hall–Kier alpha value is -1.11. The van der Waals surface area contributed by atoms with Gasteiger partial charge >= 0.3 is 0 Å².